The molecule has 6 heteroatoms. The molecule has 1 aliphatic carbocycles. The van der Waals surface area contributed by atoms with E-state index in [4.69, 9.17) is 0 Å². The summed E-state index contributed by atoms with van der Waals surface area (Å²) >= 11 is 1.11. The maximum Gasteiger partial charge on any atom is 0.266 e. The fourth-order valence-electron chi connectivity index (χ4n) is 2.66. The van der Waals surface area contributed by atoms with E-state index >= 15 is 0 Å². The van der Waals surface area contributed by atoms with Crippen LogP contribution in [0.2, 0.25) is 0 Å². The summed E-state index contributed by atoms with van der Waals surface area (Å²) in [5.41, 5.74) is -0.00148. The number of amides is 1. The Morgan fingerprint density at radius 2 is 2.00 bits per heavy atom. The highest BCUT2D eigenvalue weighted by Gasteiger charge is 2.33. The Hall–Kier alpha value is -1.48. The van der Waals surface area contributed by atoms with Crippen LogP contribution in [0.1, 0.15) is 67.2 Å². The van der Waals surface area contributed by atoms with Crippen molar-refractivity contribution in [3.05, 3.63) is 10.6 Å². The molecule has 0 unspecified atom stereocenters. The van der Waals surface area contributed by atoms with Gasteiger partial charge < -0.3 is 5.32 Å². The molecule has 20 heavy (non-hydrogen) atoms. The molecule has 1 saturated carbocycles. The van der Waals surface area contributed by atoms with Gasteiger partial charge in [0.05, 0.1) is 11.8 Å². The molecule has 0 aromatic carbocycles. The summed E-state index contributed by atoms with van der Waals surface area (Å²) in [6.07, 6.45) is 7.66. The summed E-state index contributed by atoms with van der Waals surface area (Å²) in [4.78, 5) is 12.9. The Morgan fingerprint density at radius 3 is 2.60 bits per heavy atom. The van der Waals surface area contributed by atoms with Crippen LogP contribution in [0.25, 0.3) is 0 Å². The molecule has 0 bridgehead atoms. The van der Waals surface area contributed by atoms with Crippen LogP contribution >= 0.6 is 11.5 Å². The van der Waals surface area contributed by atoms with Gasteiger partial charge in [0.15, 0.2) is 0 Å². The second-order valence-electron chi connectivity index (χ2n) is 5.32. The molecule has 108 valence electrons. The third-order valence-corrected chi connectivity index (χ3v) is 4.64. The first-order valence-electron chi connectivity index (χ1n) is 7.26. The summed E-state index contributed by atoms with van der Waals surface area (Å²) in [5, 5.41) is 16.5. The SMILES string of the molecule is CCc1nnsc1C(=O)NC1(C#N)CCCCCCC1. The van der Waals surface area contributed by atoms with Crippen LogP contribution in [0, 0.1) is 11.3 Å². The largest absolute Gasteiger partial charge is 0.333 e. The molecule has 0 atom stereocenters. The molecule has 0 spiro atoms. The van der Waals surface area contributed by atoms with Crippen LogP contribution in [0.3, 0.4) is 0 Å². The van der Waals surface area contributed by atoms with Gasteiger partial charge in [-0.15, -0.1) is 5.10 Å². The van der Waals surface area contributed by atoms with Gasteiger partial charge in [-0.05, 0) is 30.8 Å². The second kappa shape index (κ2) is 6.80. The third-order valence-electron chi connectivity index (χ3n) is 3.87. The van der Waals surface area contributed by atoms with E-state index in [-0.39, 0.29) is 5.91 Å². The number of carbonyl (C=O) groups excluding carboxylic acids is 1. The summed E-state index contributed by atoms with van der Waals surface area (Å²) in [6, 6.07) is 2.35. The number of aromatic nitrogens is 2. The molecular weight excluding hydrogens is 272 g/mol. The molecule has 1 fully saturated rings. The number of carbonyl (C=O) groups is 1. The minimum Gasteiger partial charge on any atom is -0.333 e. The van der Waals surface area contributed by atoms with Gasteiger partial charge in [0.2, 0.25) is 0 Å². The molecule has 1 N–H and O–H groups in total. The zero-order chi connectivity index (χ0) is 14.4. The molecule has 1 aromatic heterocycles. The molecule has 2 rings (SSSR count). The van der Waals surface area contributed by atoms with Gasteiger partial charge in [-0.1, -0.05) is 43.5 Å². The van der Waals surface area contributed by atoms with Crippen LogP contribution < -0.4 is 5.32 Å². The van der Waals surface area contributed by atoms with Gasteiger partial charge in [-0.25, -0.2) is 0 Å². The van der Waals surface area contributed by atoms with Crippen molar-refractivity contribution in [3.8, 4) is 6.07 Å². The normalized spacial score (nSPS) is 18.6. The van der Waals surface area contributed by atoms with Crippen molar-refractivity contribution in [1.29, 1.82) is 5.26 Å². The van der Waals surface area contributed by atoms with E-state index in [1.54, 1.807) is 0 Å². The van der Waals surface area contributed by atoms with Crippen LogP contribution in [0.5, 0.6) is 0 Å². The fraction of sp³-hybridized carbons (Fsp3) is 0.714. The van der Waals surface area contributed by atoms with Gasteiger partial charge in [0.1, 0.15) is 10.4 Å². The molecular formula is C14H20N4OS. The Bertz CT molecular complexity index is 498. The molecule has 5 nitrogen and oxygen atoms in total. The Labute approximate surface area is 123 Å². The molecule has 1 amide bonds. The summed E-state index contributed by atoms with van der Waals surface area (Å²) < 4.78 is 3.84. The molecule has 1 aromatic rings. The lowest BCUT2D eigenvalue weighted by atomic mass is 9.85. The number of nitrogens with one attached hydrogen (secondary N) is 1. The quantitative estimate of drug-likeness (QED) is 0.929. The summed E-state index contributed by atoms with van der Waals surface area (Å²) in [6.45, 7) is 1.95. The van der Waals surface area contributed by atoms with E-state index in [0.29, 0.717) is 17.0 Å². The molecule has 0 aliphatic heterocycles. The molecule has 1 aliphatic rings. The monoisotopic (exact) mass is 292 g/mol. The fourth-order valence-corrected chi connectivity index (χ4v) is 3.31. The zero-order valence-electron chi connectivity index (χ0n) is 11.8. The number of aryl methyl sites for hydroxylation is 1. The van der Waals surface area contributed by atoms with Crippen molar-refractivity contribution in [2.75, 3.05) is 0 Å². The predicted molar refractivity (Wildman–Crippen MR) is 77.4 cm³/mol. The lowest BCUT2D eigenvalue weighted by molar-refractivity contribution is 0.0911. The lowest BCUT2D eigenvalue weighted by Crippen LogP contribution is -2.47. The minimum absolute atomic E-state index is 0.195. The van der Waals surface area contributed by atoms with Crippen molar-refractivity contribution < 1.29 is 4.79 Å². The molecule has 0 saturated heterocycles. The lowest BCUT2D eigenvalue weighted by Gasteiger charge is -2.29. The van der Waals surface area contributed by atoms with E-state index in [0.717, 1.165) is 50.1 Å². The standard InChI is InChI=1S/C14H20N4OS/c1-2-11-12(20-18-17-11)13(19)16-14(10-15)8-6-4-3-5-7-9-14/h2-9H2,1H3,(H,16,19). The highest BCUT2D eigenvalue weighted by Crippen LogP contribution is 2.26. The van der Waals surface area contributed by atoms with Gasteiger partial charge in [-0.2, -0.15) is 5.26 Å². The average Bonchev–Trinajstić information content (AvgIpc) is 2.90. The second-order valence-corrected chi connectivity index (χ2v) is 6.07. The van der Waals surface area contributed by atoms with Gasteiger partial charge in [-0.3, -0.25) is 4.79 Å². The first-order chi connectivity index (χ1) is 9.71. The highest BCUT2D eigenvalue weighted by molar-refractivity contribution is 7.08. The zero-order valence-corrected chi connectivity index (χ0v) is 12.6. The van der Waals surface area contributed by atoms with Crippen LogP contribution in [-0.4, -0.2) is 21.0 Å². The first-order valence-corrected chi connectivity index (χ1v) is 8.03. The number of hydrogen-bond donors (Lipinski definition) is 1. The topological polar surface area (TPSA) is 78.7 Å². The third kappa shape index (κ3) is 3.34. The Morgan fingerprint density at radius 1 is 1.35 bits per heavy atom. The van der Waals surface area contributed by atoms with Gasteiger partial charge >= 0.3 is 0 Å². The molecule has 0 radical (unpaired) electrons. The number of nitriles is 1. The molecule has 1 heterocycles. The van der Waals surface area contributed by atoms with E-state index in [1.165, 1.54) is 6.42 Å². The van der Waals surface area contributed by atoms with Crippen LogP contribution in [0.15, 0.2) is 0 Å². The van der Waals surface area contributed by atoms with E-state index in [1.807, 2.05) is 6.92 Å². The number of nitrogens with zero attached hydrogens (tertiary/aromatic N) is 3. The van der Waals surface area contributed by atoms with Crippen molar-refractivity contribution >= 4 is 17.4 Å². The van der Waals surface area contributed by atoms with Crippen molar-refractivity contribution in [3.63, 3.8) is 0 Å². The van der Waals surface area contributed by atoms with E-state index < -0.39 is 5.54 Å². The highest BCUT2D eigenvalue weighted by atomic mass is 32.1. The first kappa shape index (κ1) is 14.9. The number of hydrogen-bond acceptors (Lipinski definition) is 5. The van der Waals surface area contributed by atoms with Gasteiger partial charge in [0, 0.05) is 0 Å². The predicted octanol–water partition coefficient (Wildman–Crippen LogP) is 2.84. The Balaban J connectivity index is 2.12. The minimum atomic E-state index is -0.716. The maximum atomic E-state index is 12.4. The van der Waals surface area contributed by atoms with Crippen molar-refractivity contribution in [2.45, 2.75) is 63.8 Å². The van der Waals surface area contributed by atoms with E-state index in [2.05, 4.69) is 21.0 Å². The smallest absolute Gasteiger partial charge is 0.266 e. The summed E-state index contributed by atoms with van der Waals surface area (Å²) in [5.74, 6) is -0.195. The average molecular weight is 292 g/mol. The van der Waals surface area contributed by atoms with Crippen LogP contribution in [-0.2, 0) is 6.42 Å². The maximum absolute atomic E-state index is 12.4. The van der Waals surface area contributed by atoms with Crippen LogP contribution in [0.4, 0.5) is 0 Å². The van der Waals surface area contributed by atoms with Crippen molar-refractivity contribution in [1.82, 2.24) is 14.9 Å². The summed E-state index contributed by atoms with van der Waals surface area (Å²) in [7, 11) is 0. The number of rotatable bonds is 3. The van der Waals surface area contributed by atoms with E-state index in [9.17, 15) is 10.1 Å². The Kier molecular flexibility index (Phi) is 5.07. The van der Waals surface area contributed by atoms with Crippen molar-refractivity contribution in [2.24, 2.45) is 0 Å². The van der Waals surface area contributed by atoms with Gasteiger partial charge in [0.25, 0.3) is 5.91 Å².